The predicted molar refractivity (Wildman–Crippen MR) is 97.4 cm³/mol. The summed E-state index contributed by atoms with van der Waals surface area (Å²) in [5, 5.41) is 0. The molecule has 1 aromatic heterocycles. The molecule has 2 aliphatic heterocycles. The Hall–Kier alpha value is -1.40. The Morgan fingerprint density at radius 2 is 2.00 bits per heavy atom. The molecule has 0 unspecified atom stereocenters. The Kier molecular flexibility index (Phi) is 6.48. The Morgan fingerprint density at radius 3 is 2.68 bits per heavy atom. The van der Waals surface area contributed by atoms with Crippen LogP contribution in [0.2, 0.25) is 0 Å². The summed E-state index contributed by atoms with van der Waals surface area (Å²) in [7, 11) is 0. The van der Waals surface area contributed by atoms with Gasteiger partial charge in [0.2, 0.25) is 5.91 Å². The lowest BCUT2D eigenvalue weighted by molar-refractivity contribution is -0.133. The summed E-state index contributed by atoms with van der Waals surface area (Å²) < 4.78 is 7.56. The first-order chi connectivity index (χ1) is 12.2. The van der Waals surface area contributed by atoms with Crippen LogP contribution in [-0.2, 0) is 22.5 Å². The number of ether oxygens (including phenoxy) is 1. The van der Waals surface area contributed by atoms with Crippen molar-refractivity contribution < 1.29 is 9.53 Å². The number of hydrogen-bond acceptors (Lipinski definition) is 4. The molecule has 140 valence electrons. The minimum atomic E-state index is 0.285. The van der Waals surface area contributed by atoms with Gasteiger partial charge >= 0.3 is 0 Å². The van der Waals surface area contributed by atoms with Gasteiger partial charge in [-0.1, -0.05) is 6.92 Å². The van der Waals surface area contributed by atoms with Gasteiger partial charge in [-0.05, 0) is 25.7 Å². The highest BCUT2D eigenvalue weighted by atomic mass is 16.5. The van der Waals surface area contributed by atoms with Crippen molar-refractivity contribution in [3.63, 3.8) is 0 Å². The zero-order chi connectivity index (χ0) is 17.6. The lowest BCUT2D eigenvalue weighted by Crippen LogP contribution is -2.49. The molecule has 3 heterocycles. The number of carbonyl (C=O) groups is 1. The van der Waals surface area contributed by atoms with Gasteiger partial charge in [-0.2, -0.15) is 0 Å². The third-order valence-electron chi connectivity index (χ3n) is 5.88. The maximum atomic E-state index is 12.5. The number of likely N-dealkylation sites (tertiary alicyclic amines) is 1. The molecule has 6 nitrogen and oxygen atoms in total. The van der Waals surface area contributed by atoms with E-state index in [0.29, 0.717) is 18.4 Å². The average molecular weight is 348 g/mol. The fourth-order valence-electron chi connectivity index (χ4n) is 4.15. The van der Waals surface area contributed by atoms with Crippen LogP contribution >= 0.6 is 0 Å². The second-order valence-corrected chi connectivity index (χ2v) is 7.25. The van der Waals surface area contributed by atoms with Crippen molar-refractivity contribution in [1.82, 2.24) is 19.4 Å². The van der Waals surface area contributed by atoms with Crippen LogP contribution in [0.3, 0.4) is 0 Å². The van der Waals surface area contributed by atoms with E-state index in [1.807, 2.05) is 12.4 Å². The largest absolute Gasteiger partial charge is 0.379 e. The summed E-state index contributed by atoms with van der Waals surface area (Å²) in [5.74, 6) is 2.04. The fourth-order valence-corrected chi connectivity index (χ4v) is 4.15. The summed E-state index contributed by atoms with van der Waals surface area (Å²) in [6.07, 6.45) is 7.52. The molecule has 0 bridgehead atoms. The van der Waals surface area contributed by atoms with Crippen LogP contribution in [0, 0.1) is 5.92 Å². The quantitative estimate of drug-likeness (QED) is 0.787. The Morgan fingerprint density at radius 1 is 1.28 bits per heavy atom. The molecule has 2 aliphatic rings. The third-order valence-corrected chi connectivity index (χ3v) is 5.88. The molecule has 0 radical (unpaired) electrons. The monoisotopic (exact) mass is 348 g/mol. The lowest BCUT2D eigenvalue weighted by Gasteiger charge is -2.41. The predicted octanol–water partition coefficient (Wildman–Crippen LogP) is 1.79. The number of piperidine rings is 1. The highest BCUT2D eigenvalue weighted by molar-refractivity contribution is 5.76. The molecule has 3 rings (SSSR count). The molecular formula is C19H32N4O2. The van der Waals surface area contributed by atoms with Gasteiger partial charge in [0.1, 0.15) is 5.82 Å². The zero-order valence-corrected chi connectivity index (χ0v) is 15.7. The number of aryl methyl sites for hydroxylation is 2. The molecule has 1 amide bonds. The van der Waals surface area contributed by atoms with Crippen molar-refractivity contribution >= 4 is 5.91 Å². The lowest BCUT2D eigenvalue weighted by atomic mass is 9.89. The number of rotatable bonds is 6. The maximum absolute atomic E-state index is 12.5. The van der Waals surface area contributed by atoms with Crippen molar-refractivity contribution in [3.8, 4) is 0 Å². The van der Waals surface area contributed by atoms with Gasteiger partial charge in [0.05, 0.1) is 13.2 Å². The number of amides is 1. The van der Waals surface area contributed by atoms with Gasteiger partial charge in [-0.3, -0.25) is 9.69 Å². The minimum absolute atomic E-state index is 0.285. The molecule has 0 saturated carbocycles. The van der Waals surface area contributed by atoms with Crippen LogP contribution in [0.4, 0.5) is 0 Å². The van der Waals surface area contributed by atoms with Gasteiger partial charge < -0.3 is 14.2 Å². The van der Waals surface area contributed by atoms with Crippen molar-refractivity contribution in [2.45, 2.75) is 52.1 Å². The number of carbonyl (C=O) groups excluding carboxylic acids is 1. The highest BCUT2D eigenvalue weighted by Crippen LogP contribution is 2.25. The molecule has 6 heteroatoms. The number of nitrogens with zero attached hydrogens (tertiary/aromatic N) is 4. The molecule has 1 aromatic rings. The van der Waals surface area contributed by atoms with E-state index in [2.05, 4.69) is 33.2 Å². The summed E-state index contributed by atoms with van der Waals surface area (Å²) in [6, 6.07) is 0.596. The highest BCUT2D eigenvalue weighted by Gasteiger charge is 2.29. The third kappa shape index (κ3) is 4.61. The summed E-state index contributed by atoms with van der Waals surface area (Å²) in [4.78, 5) is 21.5. The van der Waals surface area contributed by atoms with Gasteiger partial charge in [-0.15, -0.1) is 0 Å². The van der Waals surface area contributed by atoms with E-state index in [1.54, 1.807) is 0 Å². The number of imidazole rings is 1. The molecule has 2 fully saturated rings. The molecule has 1 atom stereocenters. The normalized spacial score (nSPS) is 21.4. The number of hydrogen-bond donors (Lipinski definition) is 0. The zero-order valence-electron chi connectivity index (χ0n) is 15.7. The van der Waals surface area contributed by atoms with E-state index in [-0.39, 0.29) is 5.91 Å². The molecule has 0 N–H and O–H groups in total. The summed E-state index contributed by atoms with van der Waals surface area (Å²) >= 11 is 0. The smallest absolute Gasteiger partial charge is 0.224 e. The van der Waals surface area contributed by atoms with Crippen LogP contribution in [0.15, 0.2) is 12.4 Å². The van der Waals surface area contributed by atoms with Crippen LogP contribution in [-0.4, -0.2) is 70.7 Å². The molecule has 2 saturated heterocycles. The van der Waals surface area contributed by atoms with Crippen LogP contribution < -0.4 is 0 Å². The first-order valence-corrected chi connectivity index (χ1v) is 9.78. The standard InChI is InChI=1S/C19H32N4O2/c1-3-18-20-7-11-22(18)10-6-19(24)23-8-4-17(5-9-23)16(2)21-12-14-25-15-13-21/h7,11,16-17H,3-6,8-10,12-15H2,1-2H3/t16-/m0/s1. The second kappa shape index (κ2) is 8.81. The van der Waals surface area contributed by atoms with Crippen LogP contribution in [0.25, 0.3) is 0 Å². The van der Waals surface area contributed by atoms with Gasteiger partial charge in [0.25, 0.3) is 0 Å². The van der Waals surface area contributed by atoms with Crippen LogP contribution in [0.1, 0.15) is 38.9 Å². The molecular weight excluding hydrogens is 316 g/mol. The van der Waals surface area contributed by atoms with E-state index in [9.17, 15) is 4.79 Å². The molecule has 25 heavy (non-hydrogen) atoms. The van der Waals surface area contributed by atoms with Crippen molar-refractivity contribution in [2.75, 3.05) is 39.4 Å². The molecule has 0 spiro atoms. The summed E-state index contributed by atoms with van der Waals surface area (Å²) in [6.45, 7) is 10.8. The SMILES string of the molecule is CCc1nccn1CCC(=O)N1CCC([C@H](C)N2CCOCC2)CC1. The Balaban J connectivity index is 1.42. The van der Waals surface area contributed by atoms with E-state index in [1.165, 1.54) is 0 Å². The van der Waals surface area contributed by atoms with E-state index >= 15 is 0 Å². The van der Waals surface area contributed by atoms with Crippen molar-refractivity contribution in [1.29, 1.82) is 0 Å². The van der Waals surface area contributed by atoms with E-state index < -0.39 is 0 Å². The molecule has 0 aliphatic carbocycles. The fraction of sp³-hybridized carbons (Fsp3) is 0.789. The van der Waals surface area contributed by atoms with Crippen LogP contribution in [0.5, 0.6) is 0 Å². The number of morpholine rings is 1. The second-order valence-electron chi connectivity index (χ2n) is 7.25. The van der Waals surface area contributed by atoms with Gasteiger partial charge in [0.15, 0.2) is 0 Å². The maximum Gasteiger partial charge on any atom is 0.224 e. The van der Waals surface area contributed by atoms with E-state index in [4.69, 9.17) is 4.74 Å². The number of aromatic nitrogens is 2. The Labute approximate surface area is 151 Å². The first kappa shape index (κ1) is 18.4. The first-order valence-electron chi connectivity index (χ1n) is 9.78. The van der Waals surface area contributed by atoms with Gasteiger partial charge in [0, 0.05) is 64.0 Å². The topological polar surface area (TPSA) is 50.6 Å². The Bertz CT molecular complexity index is 545. The summed E-state index contributed by atoms with van der Waals surface area (Å²) in [5.41, 5.74) is 0. The van der Waals surface area contributed by atoms with Crippen molar-refractivity contribution in [3.05, 3.63) is 18.2 Å². The van der Waals surface area contributed by atoms with Gasteiger partial charge in [-0.25, -0.2) is 4.98 Å². The van der Waals surface area contributed by atoms with Crippen molar-refractivity contribution in [2.24, 2.45) is 5.92 Å². The molecule has 0 aromatic carbocycles. The van der Waals surface area contributed by atoms with E-state index in [0.717, 1.165) is 71.0 Å². The average Bonchev–Trinajstić information content (AvgIpc) is 3.14. The minimum Gasteiger partial charge on any atom is -0.379 e.